The fourth-order valence-electron chi connectivity index (χ4n) is 1.69. The molecule has 2 rings (SSSR count). The molecular weight excluding hydrogens is 338 g/mol. The van der Waals surface area contributed by atoms with E-state index in [1.54, 1.807) is 29.0 Å². The Balaban J connectivity index is 2.09. The molecule has 24 heavy (non-hydrogen) atoms. The highest BCUT2D eigenvalue weighted by Gasteiger charge is 2.25. The molecule has 0 saturated carbocycles. The maximum absolute atomic E-state index is 12.2. The molecule has 1 aromatic heterocycles. The Morgan fingerprint density at radius 3 is 2.50 bits per heavy atom. The number of nitrogens with one attached hydrogen (secondary N) is 1. The monoisotopic (exact) mass is 353 g/mol. The van der Waals surface area contributed by atoms with Crippen molar-refractivity contribution in [1.82, 2.24) is 14.7 Å². The van der Waals surface area contributed by atoms with Gasteiger partial charge in [0.2, 0.25) is 5.88 Å². The van der Waals surface area contributed by atoms with Crippen LogP contribution in [0.2, 0.25) is 0 Å². The van der Waals surface area contributed by atoms with Gasteiger partial charge in [-0.3, -0.25) is 0 Å². The molecule has 0 radical (unpaired) electrons. The SMILES string of the molecule is COc1ncc(S(=O)(=O)NC(=O)OCc2ccccc2)c(OC)n1. The fourth-order valence-corrected chi connectivity index (χ4v) is 2.62. The summed E-state index contributed by atoms with van der Waals surface area (Å²) in [4.78, 5) is 18.7. The normalized spacial score (nSPS) is 10.8. The van der Waals surface area contributed by atoms with E-state index in [9.17, 15) is 13.2 Å². The van der Waals surface area contributed by atoms with Crippen molar-refractivity contribution in [3.05, 3.63) is 42.1 Å². The van der Waals surface area contributed by atoms with Crippen molar-refractivity contribution in [2.24, 2.45) is 0 Å². The van der Waals surface area contributed by atoms with Gasteiger partial charge in [0, 0.05) is 0 Å². The first-order valence-electron chi connectivity index (χ1n) is 6.65. The number of aromatic nitrogens is 2. The molecule has 0 fully saturated rings. The van der Waals surface area contributed by atoms with E-state index in [1.165, 1.54) is 14.2 Å². The number of nitrogens with zero attached hydrogens (tertiary/aromatic N) is 2. The topological polar surface area (TPSA) is 117 Å². The van der Waals surface area contributed by atoms with Gasteiger partial charge in [0.1, 0.15) is 6.61 Å². The summed E-state index contributed by atoms with van der Waals surface area (Å²) in [5.74, 6) is -0.259. The van der Waals surface area contributed by atoms with Crippen molar-refractivity contribution in [3.63, 3.8) is 0 Å². The van der Waals surface area contributed by atoms with E-state index >= 15 is 0 Å². The van der Waals surface area contributed by atoms with Gasteiger partial charge in [-0.05, 0) is 5.56 Å². The van der Waals surface area contributed by atoms with Crippen molar-refractivity contribution >= 4 is 16.1 Å². The average Bonchev–Trinajstić information content (AvgIpc) is 2.59. The summed E-state index contributed by atoms with van der Waals surface area (Å²) >= 11 is 0. The predicted octanol–water partition coefficient (Wildman–Crippen LogP) is 1.11. The van der Waals surface area contributed by atoms with Crippen molar-refractivity contribution in [2.75, 3.05) is 14.2 Å². The predicted molar refractivity (Wildman–Crippen MR) is 82.1 cm³/mol. The smallest absolute Gasteiger partial charge is 0.421 e. The van der Waals surface area contributed by atoms with Crippen LogP contribution < -0.4 is 14.2 Å². The van der Waals surface area contributed by atoms with Gasteiger partial charge < -0.3 is 14.2 Å². The molecule has 0 spiro atoms. The lowest BCUT2D eigenvalue weighted by molar-refractivity contribution is 0.146. The second-order valence-electron chi connectivity index (χ2n) is 4.40. The molecule has 0 atom stereocenters. The van der Waals surface area contributed by atoms with Crippen LogP contribution in [0.3, 0.4) is 0 Å². The van der Waals surface area contributed by atoms with E-state index in [-0.39, 0.29) is 18.5 Å². The van der Waals surface area contributed by atoms with Crippen LogP contribution in [0, 0.1) is 0 Å². The van der Waals surface area contributed by atoms with Gasteiger partial charge in [0.25, 0.3) is 10.0 Å². The lowest BCUT2D eigenvalue weighted by Crippen LogP contribution is -2.31. The molecule has 128 valence electrons. The number of hydrogen-bond donors (Lipinski definition) is 1. The molecule has 0 bridgehead atoms. The number of benzene rings is 1. The van der Waals surface area contributed by atoms with Gasteiger partial charge in [-0.2, -0.15) is 4.98 Å². The summed E-state index contributed by atoms with van der Waals surface area (Å²) in [6.07, 6.45) is -0.158. The Kier molecular flexibility index (Phi) is 5.53. The number of hydrogen-bond acceptors (Lipinski definition) is 8. The van der Waals surface area contributed by atoms with Crippen LogP contribution in [0.1, 0.15) is 5.56 Å². The number of rotatable bonds is 6. The van der Waals surface area contributed by atoms with Crippen LogP contribution >= 0.6 is 0 Å². The zero-order valence-corrected chi connectivity index (χ0v) is 13.7. The molecule has 1 heterocycles. The number of methoxy groups -OCH3 is 2. The second-order valence-corrected chi connectivity index (χ2v) is 6.05. The van der Waals surface area contributed by atoms with Crippen molar-refractivity contribution in [2.45, 2.75) is 11.5 Å². The molecule has 0 aliphatic carbocycles. The van der Waals surface area contributed by atoms with E-state index in [0.717, 1.165) is 11.8 Å². The minimum Gasteiger partial charge on any atom is -0.480 e. The summed E-state index contributed by atoms with van der Waals surface area (Å²) < 4.78 is 40.7. The quantitative estimate of drug-likeness (QED) is 0.821. The van der Waals surface area contributed by atoms with Crippen LogP contribution in [-0.4, -0.2) is 38.7 Å². The Morgan fingerprint density at radius 2 is 1.88 bits per heavy atom. The minimum atomic E-state index is -4.26. The third kappa shape index (κ3) is 4.32. The number of carbonyl (C=O) groups excluding carboxylic acids is 1. The minimum absolute atomic E-state index is 0.0710. The molecule has 9 nitrogen and oxygen atoms in total. The number of ether oxygens (including phenoxy) is 3. The first-order valence-corrected chi connectivity index (χ1v) is 8.13. The Morgan fingerprint density at radius 1 is 1.17 bits per heavy atom. The molecule has 0 aliphatic rings. The van der Waals surface area contributed by atoms with Gasteiger partial charge in [-0.15, -0.1) is 0 Å². The first-order chi connectivity index (χ1) is 11.5. The highest BCUT2D eigenvalue weighted by atomic mass is 32.2. The van der Waals surface area contributed by atoms with Crippen molar-refractivity contribution in [1.29, 1.82) is 0 Å². The van der Waals surface area contributed by atoms with Gasteiger partial charge in [-0.25, -0.2) is 22.9 Å². The van der Waals surface area contributed by atoms with Gasteiger partial charge in [-0.1, -0.05) is 30.3 Å². The largest absolute Gasteiger partial charge is 0.480 e. The third-order valence-electron chi connectivity index (χ3n) is 2.80. The van der Waals surface area contributed by atoms with Gasteiger partial charge >= 0.3 is 12.1 Å². The zero-order valence-electron chi connectivity index (χ0n) is 12.9. The van der Waals surface area contributed by atoms with E-state index in [0.29, 0.717) is 0 Å². The highest BCUT2D eigenvalue weighted by Crippen LogP contribution is 2.22. The second kappa shape index (κ2) is 7.59. The molecule has 2 aromatic rings. The maximum Gasteiger partial charge on any atom is 0.421 e. The van der Waals surface area contributed by atoms with Crippen LogP contribution in [0.25, 0.3) is 0 Å². The molecule has 0 unspecified atom stereocenters. The molecule has 0 aliphatic heterocycles. The highest BCUT2D eigenvalue weighted by molar-refractivity contribution is 7.90. The van der Waals surface area contributed by atoms with E-state index in [1.807, 2.05) is 6.07 Å². The van der Waals surface area contributed by atoms with Gasteiger partial charge in [0.15, 0.2) is 4.90 Å². The number of sulfonamides is 1. The summed E-state index contributed by atoms with van der Waals surface area (Å²) in [5, 5.41) is 0. The fraction of sp³-hybridized carbons (Fsp3) is 0.214. The van der Waals surface area contributed by atoms with Crippen molar-refractivity contribution in [3.8, 4) is 11.9 Å². The summed E-state index contributed by atoms with van der Waals surface area (Å²) in [6, 6.07) is 8.76. The molecule has 1 amide bonds. The summed E-state index contributed by atoms with van der Waals surface area (Å²) in [6.45, 7) is -0.0710. The summed E-state index contributed by atoms with van der Waals surface area (Å²) in [7, 11) is -1.71. The molecular formula is C14H15N3O6S. The molecule has 1 aromatic carbocycles. The number of carbonyl (C=O) groups is 1. The van der Waals surface area contributed by atoms with Crippen molar-refractivity contribution < 1.29 is 27.4 Å². The first kappa shape index (κ1) is 17.5. The maximum atomic E-state index is 12.2. The van der Waals surface area contributed by atoms with Crippen LogP contribution in [0.15, 0.2) is 41.4 Å². The lowest BCUT2D eigenvalue weighted by atomic mass is 10.2. The summed E-state index contributed by atoms with van der Waals surface area (Å²) in [5.41, 5.74) is 0.718. The van der Waals surface area contributed by atoms with Crippen LogP contribution in [0.4, 0.5) is 4.79 Å². The Hall–Kier alpha value is -2.88. The Labute approximate surface area is 138 Å². The van der Waals surface area contributed by atoms with E-state index in [2.05, 4.69) is 9.97 Å². The molecule has 10 heteroatoms. The van der Waals surface area contributed by atoms with E-state index in [4.69, 9.17) is 14.2 Å². The zero-order chi connectivity index (χ0) is 17.6. The third-order valence-corrected chi connectivity index (χ3v) is 4.09. The molecule has 0 saturated heterocycles. The Bertz CT molecular complexity index is 811. The number of amides is 1. The average molecular weight is 353 g/mol. The standard InChI is InChI=1S/C14H15N3O6S/c1-21-12-11(8-15-13(16-12)22-2)24(19,20)17-14(18)23-9-10-6-4-3-5-7-10/h3-8H,9H2,1-2H3,(H,17,18). The van der Waals surface area contributed by atoms with Gasteiger partial charge in [0.05, 0.1) is 20.4 Å². The van der Waals surface area contributed by atoms with Crippen LogP contribution in [0.5, 0.6) is 11.9 Å². The van der Waals surface area contributed by atoms with E-state index < -0.39 is 21.0 Å². The van der Waals surface area contributed by atoms with Crippen LogP contribution in [-0.2, 0) is 21.4 Å². The lowest BCUT2D eigenvalue weighted by Gasteiger charge is -2.10. The molecule has 1 N–H and O–H groups in total.